The van der Waals surface area contributed by atoms with Gasteiger partial charge in [0.2, 0.25) is 5.91 Å². The van der Waals surface area contributed by atoms with Crippen LogP contribution in [0.5, 0.6) is 0 Å². The molecular weight excluding hydrogens is 224 g/mol. The average Bonchev–Trinajstić information content (AvgIpc) is 2.58. The Morgan fingerprint density at radius 2 is 2.43 bits per heavy atom. The maximum absolute atomic E-state index is 11.1. The van der Waals surface area contributed by atoms with E-state index in [4.69, 9.17) is 11.6 Å². The Labute approximate surface area is 90.3 Å². The zero-order valence-corrected chi connectivity index (χ0v) is 9.08. The fourth-order valence-corrected chi connectivity index (χ4v) is 1.63. The summed E-state index contributed by atoms with van der Waals surface area (Å²) in [6, 6.07) is 0. The number of aromatic nitrogens is 1. The van der Waals surface area contributed by atoms with Crippen molar-refractivity contribution in [2.45, 2.75) is 19.4 Å². The van der Waals surface area contributed by atoms with E-state index in [1.165, 1.54) is 0 Å². The number of aromatic amines is 1. The Hall–Kier alpha value is -0.810. The second-order valence-corrected chi connectivity index (χ2v) is 3.96. The molecule has 1 heterocycles. The monoisotopic (exact) mass is 234 g/mol. The van der Waals surface area contributed by atoms with Crippen LogP contribution in [-0.2, 0) is 11.3 Å². The van der Waals surface area contributed by atoms with Crippen molar-refractivity contribution in [3.8, 4) is 0 Å². The number of nitrogens with one attached hydrogen (secondary N) is 2. The lowest BCUT2D eigenvalue weighted by Crippen LogP contribution is -2.22. The standard InChI is InChI=1S/C8H11ClN2O2S/c9-3-1-2-7(12)10-4-6-5-14-8(13)11-6/h5H,1-4H2,(H,10,12)(H,11,13). The van der Waals surface area contributed by atoms with Gasteiger partial charge in [0.1, 0.15) is 0 Å². The normalized spacial score (nSPS) is 10.1. The first-order chi connectivity index (χ1) is 6.72. The lowest BCUT2D eigenvalue weighted by molar-refractivity contribution is -0.121. The molecular formula is C8H11ClN2O2S. The van der Waals surface area contributed by atoms with Gasteiger partial charge in [0.05, 0.1) is 6.54 Å². The van der Waals surface area contributed by atoms with E-state index in [9.17, 15) is 9.59 Å². The topological polar surface area (TPSA) is 62.0 Å². The fraction of sp³-hybridized carbons (Fsp3) is 0.500. The van der Waals surface area contributed by atoms with Crippen LogP contribution in [0.15, 0.2) is 10.2 Å². The van der Waals surface area contributed by atoms with Crippen LogP contribution < -0.4 is 10.2 Å². The zero-order valence-electron chi connectivity index (χ0n) is 7.51. The van der Waals surface area contributed by atoms with Gasteiger partial charge in [-0.3, -0.25) is 9.59 Å². The van der Waals surface area contributed by atoms with E-state index in [2.05, 4.69) is 10.3 Å². The summed E-state index contributed by atoms with van der Waals surface area (Å²) in [7, 11) is 0. The third-order valence-electron chi connectivity index (χ3n) is 1.58. The summed E-state index contributed by atoms with van der Waals surface area (Å²) >= 11 is 6.53. The number of amides is 1. The average molecular weight is 235 g/mol. The van der Waals surface area contributed by atoms with E-state index in [0.717, 1.165) is 17.0 Å². The molecule has 0 unspecified atom stereocenters. The number of halogens is 1. The highest BCUT2D eigenvalue weighted by atomic mass is 35.5. The van der Waals surface area contributed by atoms with E-state index in [1.54, 1.807) is 5.38 Å². The van der Waals surface area contributed by atoms with Gasteiger partial charge in [-0.2, -0.15) is 0 Å². The number of hydrogen-bond donors (Lipinski definition) is 2. The molecule has 0 aliphatic carbocycles. The van der Waals surface area contributed by atoms with Crippen molar-refractivity contribution in [3.63, 3.8) is 0 Å². The lowest BCUT2D eigenvalue weighted by atomic mass is 10.3. The van der Waals surface area contributed by atoms with E-state index < -0.39 is 0 Å². The smallest absolute Gasteiger partial charge is 0.304 e. The first-order valence-electron chi connectivity index (χ1n) is 4.21. The largest absolute Gasteiger partial charge is 0.351 e. The minimum absolute atomic E-state index is 0.0438. The summed E-state index contributed by atoms with van der Waals surface area (Å²) in [4.78, 5) is 24.4. The van der Waals surface area contributed by atoms with Crippen LogP contribution in [0.4, 0.5) is 0 Å². The highest BCUT2D eigenvalue weighted by molar-refractivity contribution is 7.07. The Morgan fingerprint density at radius 1 is 1.64 bits per heavy atom. The Balaban J connectivity index is 2.27. The summed E-state index contributed by atoms with van der Waals surface area (Å²) in [6.45, 7) is 0.375. The quantitative estimate of drug-likeness (QED) is 0.749. The van der Waals surface area contributed by atoms with Gasteiger partial charge in [-0.1, -0.05) is 11.3 Å². The van der Waals surface area contributed by atoms with E-state index in [1.807, 2.05) is 0 Å². The molecule has 14 heavy (non-hydrogen) atoms. The predicted octanol–water partition coefficient (Wildman–Crippen LogP) is 1.07. The third kappa shape index (κ3) is 3.93. The van der Waals surface area contributed by atoms with Crippen molar-refractivity contribution in [2.75, 3.05) is 5.88 Å². The van der Waals surface area contributed by atoms with Crippen molar-refractivity contribution in [3.05, 3.63) is 20.7 Å². The molecule has 6 heteroatoms. The number of carbonyl (C=O) groups excluding carboxylic acids is 1. The van der Waals surface area contributed by atoms with Gasteiger partial charge < -0.3 is 10.3 Å². The molecule has 0 bridgehead atoms. The van der Waals surface area contributed by atoms with Crippen LogP contribution in [0.25, 0.3) is 0 Å². The molecule has 0 saturated carbocycles. The maximum atomic E-state index is 11.1. The zero-order chi connectivity index (χ0) is 10.4. The first kappa shape index (κ1) is 11.3. The Bertz CT molecular complexity index is 347. The van der Waals surface area contributed by atoms with Gasteiger partial charge in [0, 0.05) is 23.4 Å². The van der Waals surface area contributed by atoms with Crippen molar-refractivity contribution < 1.29 is 4.79 Å². The second kappa shape index (κ2) is 5.82. The molecule has 0 saturated heterocycles. The molecule has 1 aromatic rings. The van der Waals surface area contributed by atoms with Gasteiger partial charge in [0.15, 0.2) is 0 Å². The Morgan fingerprint density at radius 3 is 3.00 bits per heavy atom. The van der Waals surface area contributed by atoms with E-state index in [-0.39, 0.29) is 10.8 Å². The SMILES string of the molecule is O=C(CCCCl)NCc1csc(=O)[nH]1. The summed E-state index contributed by atoms with van der Waals surface area (Å²) in [5, 5.41) is 4.38. The van der Waals surface area contributed by atoms with Gasteiger partial charge in [-0.15, -0.1) is 11.6 Å². The van der Waals surface area contributed by atoms with E-state index >= 15 is 0 Å². The molecule has 0 atom stereocenters. The highest BCUT2D eigenvalue weighted by Crippen LogP contribution is 1.96. The summed E-state index contributed by atoms with van der Waals surface area (Å²) in [5.74, 6) is 0.445. The number of rotatable bonds is 5. The molecule has 1 amide bonds. The first-order valence-corrected chi connectivity index (χ1v) is 5.63. The molecule has 1 aromatic heterocycles. The van der Waals surface area contributed by atoms with Crippen molar-refractivity contribution >= 4 is 28.8 Å². The van der Waals surface area contributed by atoms with Crippen molar-refractivity contribution in [1.82, 2.24) is 10.3 Å². The van der Waals surface area contributed by atoms with Gasteiger partial charge >= 0.3 is 4.87 Å². The van der Waals surface area contributed by atoms with Gasteiger partial charge in [-0.05, 0) is 6.42 Å². The van der Waals surface area contributed by atoms with Crippen LogP contribution in [0.1, 0.15) is 18.5 Å². The minimum Gasteiger partial charge on any atom is -0.351 e. The number of thiazole rings is 1. The molecule has 2 N–H and O–H groups in total. The summed E-state index contributed by atoms with van der Waals surface area (Å²) in [5.41, 5.74) is 0.735. The summed E-state index contributed by atoms with van der Waals surface area (Å²) < 4.78 is 0. The molecule has 0 spiro atoms. The molecule has 0 aromatic carbocycles. The molecule has 0 aliphatic rings. The third-order valence-corrected chi connectivity index (χ3v) is 2.57. The number of carbonyl (C=O) groups is 1. The van der Waals surface area contributed by atoms with Gasteiger partial charge in [0.25, 0.3) is 0 Å². The molecule has 0 aliphatic heterocycles. The number of H-pyrrole nitrogens is 1. The van der Waals surface area contributed by atoms with Crippen molar-refractivity contribution in [2.24, 2.45) is 0 Å². The van der Waals surface area contributed by atoms with Crippen molar-refractivity contribution in [1.29, 1.82) is 0 Å². The lowest BCUT2D eigenvalue weighted by Gasteiger charge is -2.01. The van der Waals surface area contributed by atoms with Gasteiger partial charge in [-0.25, -0.2) is 0 Å². The number of hydrogen-bond acceptors (Lipinski definition) is 3. The van der Waals surface area contributed by atoms with Crippen LogP contribution in [0.3, 0.4) is 0 Å². The molecule has 78 valence electrons. The molecule has 4 nitrogen and oxygen atoms in total. The highest BCUT2D eigenvalue weighted by Gasteiger charge is 2.01. The van der Waals surface area contributed by atoms with Crippen LogP contribution in [0, 0.1) is 0 Å². The molecule has 0 radical (unpaired) electrons. The van der Waals surface area contributed by atoms with Crippen LogP contribution in [0.2, 0.25) is 0 Å². The summed E-state index contributed by atoms with van der Waals surface area (Å²) in [6.07, 6.45) is 1.10. The molecule has 0 fully saturated rings. The molecule has 1 rings (SSSR count). The van der Waals surface area contributed by atoms with Crippen LogP contribution >= 0.6 is 22.9 Å². The predicted molar refractivity (Wildman–Crippen MR) is 56.7 cm³/mol. The second-order valence-electron chi connectivity index (χ2n) is 2.74. The number of alkyl halides is 1. The maximum Gasteiger partial charge on any atom is 0.304 e. The Kier molecular flexibility index (Phi) is 4.69. The fourth-order valence-electron chi connectivity index (χ4n) is 0.910. The minimum atomic E-state index is -0.102. The van der Waals surface area contributed by atoms with Crippen LogP contribution in [-0.4, -0.2) is 16.8 Å². The van der Waals surface area contributed by atoms with E-state index in [0.29, 0.717) is 25.3 Å².